The average Bonchev–Trinajstić information content (AvgIpc) is 2.32. The van der Waals surface area contributed by atoms with Crippen molar-refractivity contribution in [1.82, 2.24) is 0 Å². The monoisotopic (exact) mass is 260 g/mol. The fourth-order valence-electron chi connectivity index (χ4n) is 1.39. The number of nitrogen functional groups attached to an aromatic ring is 1. The van der Waals surface area contributed by atoms with Gasteiger partial charge in [0.15, 0.2) is 0 Å². The summed E-state index contributed by atoms with van der Waals surface area (Å²) in [6.45, 7) is 0. The van der Waals surface area contributed by atoms with Gasteiger partial charge in [0.2, 0.25) is 0 Å². The molecule has 0 saturated heterocycles. The summed E-state index contributed by atoms with van der Waals surface area (Å²) >= 11 is 7.41. The predicted octanol–water partition coefficient (Wildman–Crippen LogP) is 3.95. The van der Waals surface area contributed by atoms with Gasteiger partial charge in [-0.15, -0.1) is 0 Å². The highest BCUT2D eigenvalue weighted by atomic mass is 35.5. The van der Waals surface area contributed by atoms with Gasteiger partial charge < -0.3 is 5.73 Å². The van der Waals surface area contributed by atoms with Crippen LogP contribution in [-0.4, -0.2) is 0 Å². The SMILES string of the molecule is N#Cc1cccc(Sc2cccc(Cl)c2)c1N. The van der Waals surface area contributed by atoms with Crippen molar-refractivity contribution in [1.29, 1.82) is 5.26 Å². The molecule has 0 bridgehead atoms. The molecular weight excluding hydrogens is 252 g/mol. The molecule has 17 heavy (non-hydrogen) atoms. The summed E-state index contributed by atoms with van der Waals surface area (Å²) < 4.78 is 0. The van der Waals surface area contributed by atoms with Crippen LogP contribution in [0.2, 0.25) is 5.02 Å². The minimum Gasteiger partial charge on any atom is -0.397 e. The van der Waals surface area contributed by atoms with Crippen LogP contribution in [0, 0.1) is 11.3 Å². The Morgan fingerprint density at radius 2 is 1.94 bits per heavy atom. The van der Waals surface area contributed by atoms with Crippen LogP contribution in [0.1, 0.15) is 5.56 Å². The largest absolute Gasteiger partial charge is 0.397 e. The zero-order valence-corrected chi connectivity index (χ0v) is 10.4. The lowest BCUT2D eigenvalue weighted by molar-refractivity contribution is 1.38. The highest BCUT2D eigenvalue weighted by Gasteiger charge is 2.06. The van der Waals surface area contributed by atoms with Crippen LogP contribution in [0.15, 0.2) is 52.3 Å². The van der Waals surface area contributed by atoms with Crippen LogP contribution in [0.4, 0.5) is 5.69 Å². The Morgan fingerprint density at radius 1 is 1.18 bits per heavy atom. The molecule has 0 fully saturated rings. The number of benzene rings is 2. The summed E-state index contributed by atoms with van der Waals surface area (Å²) in [7, 11) is 0. The minimum absolute atomic E-state index is 0.497. The molecule has 2 aromatic rings. The Bertz CT molecular complexity index is 590. The molecule has 0 aliphatic heterocycles. The number of nitriles is 1. The Kier molecular flexibility index (Phi) is 3.58. The molecule has 0 aliphatic carbocycles. The zero-order valence-electron chi connectivity index (χ0n) is 8.85. The third-order valence-electron chi connectivity index (χ3n) is 2.21. The van der Waals surface area contributed by atoms with Gasteiger partial charge in [-0.1, -0.05) is 35.5 Å². The van der Waals surface area contributed by atoms with E-state index in [1.54, 1.807) is 6.07 Å². The number of hydrogen-bond acceptors (Lipinski definition) is 3. The van der Waals surface area contributed by atoms with E-state index in [1.165, 1.54) is 11.8 Å². The molecule has 0 aromatic heterocycles. The van der Waals surface area contributed by atoms with Gasteiger partial charge in [0.25, 0.3) is 0 Å². The van der Waals surface area contributed by atoms with E-state index in [-0.39, 0.29) is 0 Å². The molecule has 0 unspecified atom stereocenters. The van der Waals surface area contributed by atoms with E-state index in [1.807, 2.05) is 36.4 Å². The maximum absolute atomic E-state index is 8.89. The molecule has 2 aromatic carbocycles. The first-order valence-electron chi connectivity index (χ1n) is 4.92. The molecule has 0 atom stereocenters. The number of nitrogens with two attached hydrogens (primary N) is 1. The van der Waals surface area contributed by atoms with Gasteiger partial charge in [-0.25, -0.2) is 0 Å². The lowest BCUT2D eigenvalue weighted by atomic mass is 10.2. The molecule has 0 spiro atoms. The number of para-hydroxylation sites is 1. The second-order valence-corrected chi connectivity index (χ2v) is 4.94. The highest BCUT2D eigenvalue weighted by Crippen LogP contribution is 2.34. The number of rotatable bonds is 2. The molecule has 4 heteroatoms. The van der Waals surface area contributed by atoms with E-state index in [4.69, 9.17) is 22.6 Å². The molecule has 2 rings (SSSR count). The van der Waals surface area contributed by atoms with Gasteiger partial charge in [0.05, 0.1) is 11.3 Å². The number of halogens is 1. The molecule has 0 saturated carbocycles. The van der Waals surface area contributed by atoms with E-state index in [0.29, 0.717) is 16.3 Å². The van der Waals surface area contributed by atoms with Crippen molar-refractivity contribution in [3.63, 3.8) is 0 Å². The molecule has 0 radical (unpaired) electrons. The van der Waals surface area contributed by atoms with E-state index in [0.717, 1.165) is 9.79 Å². The van der Waals surface area contributed by atoms with Crippen molar-refractivity contribution in [3.05, 3.63) is 53.1 Å². The Labute approximate surface area is 109 Å². The molecule has 0 heterocycles. The second-order valence-electron chi connectivity index (χ2n) is 3.39. The van der Waals surface area contributed by atoms with E-state index in [9.17, 15) is 0 Å². The first-order valence-corrected chi connectivity index (χ1v) is 6.12. The van der Waals surface area contributed by atoms with E-state index >= 15 is 0 Å². The summed E-state index contributed by atoms with van der Waals surface area (Å²) in [4.78, 5) is 1.87. The number of hydrogen-bond donors (Lipinski definition) is 1. The summed E-state index contributed by atoms with van der Waals surface area (Å²) in [5.74, 6) is 0. The Morgan fingerprint density at radius 3 is 2.65 bits per heavy atom. The third-order valence-corrected chi connectivity index (χ3v) is 3.51. The minimum atomic E-state index is 0.497. The molecule has 0 aliphatic rings. The van der Waals surface area contributed by atoms with Crippen molar-refractivity contribution in [2.45, 2.75) is 9.79 Å². The van der Waals surface area contributed by atoms with Crippen LogP contribution in [-0.2, 0) is 0 Å². The topological polar surface area (TPSA) is 49.8 Å². The van der Waals surface area contributed by atoms with Crippen molar-refractivity contribution < 1.29 is 0 Å². The van der Waals surface area contributed by atoms with Crippen molar-refractivity contribution in [2.75, 3.05) is 5.73 Å². The lowest BCUT2D eigenvalue weighted by Gasteiger charge is -2.06. The zero-order chi connectivity index (χ0) is 12.3. The van der Waals surface area contributed by atoms with Gasteiger partial charge in [-0.05, 0) is 30.3 Å². The Balaban J connectivity index is 2.34. The average molecular weight is 261 g/mol. The molecular formula is C13H9ClN2S. The van der Waals surface area contributed by atoms with Crippen molar-refractivity contribution in [3.8, 4) is 6.07 Å². The fraction of sp³-hybridized carbons (Fsp3) is 0. The smallest absolute Gasteiger partial charge is 0.101 e. The predicted molar refractivity (Wildman–Crippen MR) is 71.1 cm³/mol. The molecule has 2 nitrogen and oxygen atoms in total. The molecule has 84 valence electrons. The van der Waals surface area contributed by atoms with Crippen LogP contribution in [0.3, 0.4) is 0 Å². The third kappa shape index (κ3) is 2.73. The number of anilines is 1. The quantitative estimate of drug-likeness (QED) is 0.832. The summed E-state index contributed by atoms with van der Waals surface area (Å²) in [5.41, 5.74) is 6.91. The maximum Gasteiger partial charge on any atom is 0.101 e. The van der Waals surface area contributed by atoms with Crippen LogP contribution in [0.25, 0.3) is 0 Å². The van der Waals surface area contributed by atoms with Gasteiger partial charge in [-0.3, -0.25) is 0 Å². The number of nitrogens with zero attached hydrogens (tertiary/aromatic N) is 1. The van der Waals surface area contributed by atoms with Gasteiger partial charge >= 0.3 is 0 Å². The first-order chi connectivity index (χ1) is 8.20. The standard InChI is InChI=1S/C13H9ClN2S/c14-10-4-2-5-11(7-10)17-12-6-1-3-9(8-15)13(12)16/h1-7H,16H2. The first kappa shape index (κ1) is 11.8. The molecule has 0 amide bonds. The van der Waals surface area contributed by atoms with Crippen molar-refractivity contribution >= 4 is 29.1 Å². The maximum atomic E-state index is 8.89. The van der Waals surface area contributed by atoms with Crippen LogP contribution >= 0.6 is 23.4 Å². The molecule has 2 N–H and O–H groups in total. The van der Waals surface area contributed by atoms with Gasteiger partial charge in [0.1, 0.15) is 6.07 Å². The summed E-state index contributed by atoms with van der Waals surface area (Å²) in [5, 5.41) is 9.58. The van der Waals surface area contributed by atoms with Crippen LogP contribution < -0.4 is 5.73 Å². The van der Waals surface area contributed by atoms with Gasteiger partial charge in [-0.2, -0.15) is 5.26 Å². The second kappa shape index (κ2) is 5.13. The fourth-order valence-corrected chi connectivity index (χ4v) is 2.60. The van der Waals surface area contributed by atoms with E-state index < -0.39 is 0 Å². The highest BCUT2D eigenvalue weighted by molar-refractivity contribution is 7.99. The summed E-state index contributed by atoms with van der Waals surface area (Å²) in [6.07, 6.45) is 0. The van der Waals surface area contributed by atoms with Gasteiger partial charge in [0, 0.05) is 14.8 Å². The lowest BCUT2D eigenvalue weighted by Crippen LogP contribution is -1.92. The van der Waals surface area contributed by atoms with Crippen molar-refractivity contribution in [2.24, 2.45) is 0 Å². The van der Waals surface area contributed by atoms with Crippen LogP contribution in [0.5, 0.6) is 0 Å². The van der Waals surface area contributed by atoms with E-state index in [2.05, 4.69) is 6.07 Å². The normalized spacial score (nSPS) is 9.88. The summed E-state index contributed by atoms with van der Waals surface area (Å²) in [6, 6.07) is 15.0. The Hall–Kier alpha value is -1.63.